The van der Waals surface area contributed by atoms with Gasteiger partial charge in [0.15, 0.2) is 11.5 Å². The third kappa shape index (κ3) is 2.95. The third-order valence-electron chi connectivity index (χ3n) is 4.20. The monoisotopic (exact) mass is 302 g/mol. The molecule has 2 aromatic rings. The molecule has 1 fully saturated rings. The smallest absolute Gasteiger partial charge is 0.161 e. The molecule has 1 aliphatic heterocycles. The van der Waals surface area contributed by atoms with Gasteiger partial charge in [-0.2, -0.15) is 0 Å². The number of hydrogen-bond acceptors (Lipinski definition) is 5. The fourth-order valence-electron chi connectivity index (χ4n) is 3.15. The quantitative estimate of drug-likeness (QED) is 0.848. The van der Waals surface area contributed by atoms with Gasteiger partial charge in [0.1, 0.15) is 5.76 Å². The Morgan fingerprint density at radius 3 is 2.73 bits per heavy atom. The van der Waals surface area contributed by atoms with Crippen LogP contribution in [0.5, 0.6) is 11.5 Å². The standard InChI is InChI=1S/C17H22N2O3/c1-12-9-14(18-22-12)11-19-8-4-5-15(19)13-6-7-16(20-2)17(10-13)21-3/h6-7,9-10,15H,4-5,8,11H2,1-3H3/t15-/m1/s1. The van der Waals surface area contributed by atoms with Crippen molar-refractivity contribution >= 4 is 0 Å². The maximum Gasteiger partial charge on any atom is 0.161 e. The van der Waals surface area contributed by atoms with Gasteiger partial charge in [-0.1, -0.05) is 11.2 Å². The van der Waals surface area contributed by atoms with E-state index in [0.29, 0.717) is 6.04 Å². The molecule has 5 heteroatoms. The predicted molar refractivity (Wildman–Crippen MR) is 83.2 cm³/mol. The van der Waals surface area contributed by atoms with Gasteiger partial charge in [0.2, 0.25) is 0 Å². The summed E-state index contributed by atoms with van der Waals surface area (Å²) in [5.74, 6) is 2.41. The van der Waals surface area contributed by atoms with Crippen LogP contribution in [-0.2, 0) is 6.54 Å². The molecule has 0 saturated carbocycles. The molecule has 0 radical (unpaired) electrons. The number of aryl methyl sites for hydroxylation is 1. The summed E-state index contributed by atoms with van der Waals surface area (Å²) >= 11 is 0. The Morgan fingerprint density at radius 2 is 2.05 bits per heavy atom. The second kappa shape index (κ2) is 6.40. The van der Waals surface area contributed by atoms with E-state index in [-0.39, 0.29) is 0 Å². The van der Waals surface area contributed by atoms with Crippen molar-refractivity contribution in [2.75, 3.05) is 20.8 Å². The highest BCUT2D eigenvalue weighted by atomic mass is 16.5. The Hall–Kier alpha value is -2.01. The van der Waals surface area contributed by atoms with Gasteiger partial charge in [0, 0.05) is 18.7 Å². The highest BCUT2D eigenvalue weighted by molar-refractivity contribution is 5.44. The minimum atomic E-state index is 0.386. The summed E-state index contributed by atoms with van der Waals surface area (Å²) in [4.78, 5) is 2.44. The topological polar surface area (TPSA) is 47.7 Å². The fraction of sp³-hybridized carbons (Fsp3) is 0.471. The molecule has 1 aliphatic rings. The summed E-state index contributed by atoms with van der Waals surface area (Å²) in [5.41, 5.74) is 2.25. The number of hydrogen-bond donors (Lipinski definition) is 0. The molecule has 22 heavy (non-hydrogen) atoms. The van der Waals surface area contributed by atoms with E-state index in [2.05, 4.69) is 22.2 Å². The van der Waals surface area contributed by atoms with Crippen LogP contribution in [-0.4, -0.2) is 30.8 Å². The van der Waals surface area contributed by atoms with Crippen LogP contribution in [0.25, 0.3) is 0 Å². The van der Waals surface area contributed by atoms with Gasteiger partial charge in [-0.05, 0) is 44.0 Å². The van der Waals surface area contributed by atoms with Crippen LogP contribution >= 0.6 is 0 Å². The highest BCUT2D eigenvalue weighted by Crippen LogP contribution is 2.37. The Morgan fingerprint density at radius 1 is 1.23 bits per heavy atom. The first-order valence-electron chi connectivity index (χ1n) is 7.59. The number of aromatic nitrogens is 1. The normalized spacial score (nSPS) is 18.6. The van der Waals surface area contributed by atoms with Gasteiger partial charge >= 0.3 is 0 Å². The number of nitrogens with zero attached hydrogens (tertiary/aromatic N) is 2. The average Bonchev–Trinajstić information content (AvgIpc) is 3.16. The Balaban J connectivity index is 1.80. The number of benzene rings is 1. The molecule has 118 valence electrons. The number of likely N-dealkylation sites (tertiary alicyclic amines) is 1. The van der Waals surface area contributed by atoms with Crippen molar-refractivity contribution in [3.63, 3.8) is 0 Å². The zero-order valence-electron chi connectivity index (χ0n) is 13.3. The summed E-state index contributed by atoms with van der Waals surface area (Å²) in [7, 11) is 3.33. The van der Waals surface area contributed by atoms with Crippen LogP contribution in [0.4, 0.5) is 0 Å². The van der Waals surface area contributed by atoms with Gasteiger partial charge in [-0.3, -0.25) is 4.90 Å². The molecular formula is C17H22N2O3. The van der Waals surface area contributed by atoms with Crippen LogP contribution in [0.1, 0.15) is 35.9 Å². The van der Waals surface area contributed by atoms with Crippen molar-refractivity contribution in [3.8, 4) is 11.5 Å². The van der Waals surface area contributed by atoms with Gasteiger partial charge in [0.05, 0.1) is 19.9 Å². The van der Waals surface area contributed by atoms with E-state index in [1.165, 1.54) is 12.0 Å². The van der Waals surface area contributed by atoms with Crippen LogP contribution in [0.2, 0.25) is 0 Å². The molecule has 0 amide bonds. The molecule has 0 aliphatic carbocycles. The number of methoxy groups -OCH3 is 2. The molecule has 0 unspecified atom stereocenters. The minimum absolute atomic E-state index is 0.386. The first-order valence-corrected chi connectivity index (χ1v) is 7.59. The summed E-state index contributed by atoms with van der Waals surface area (Å²) < 4.78 is 15.9. The molecule has 5 nitrogen and oxygen atoms in total. The van der Waals surface area contributed by atoms with Crippen LogP contribution < -0.4 is 9.47 Å². The van der Waals surface area contributed by atoms with E-state index in [4.69, 9.17) is 14.0 Å². The van der Waals surface area contributed by atoms with Crippen molar-refractivity contribution in [2.24, 2.45) is 0 Å². The summed E-state index contributed by atoms with van der Waals surface area (Å²) in [6, 6.07) is 8.57. The minimum Gasteiger partial charge on any atom is -0.493 e. The van der Waals surface area contributed by atoms with Crippen LogP contribution in [0, 0.1) is 6.92 Å². The van der Waals surface area contributed by atoms with Crippen LogP contribution in [0.15, 0.2) is 28.8 Å². The lowest BCUT2D eigenvalue weighted by Crippen LogP contribution is -2.23. The van der Waals surface area contributed by atoms with Gasteiger partial charge in [-0.25, -0.2) is 0 Å². The van der Waals surface area contributed by atoms with E-state index in [1.807, 2.05) is 19.1 Å². The first kappa shape index (κ1) is 14.9. The molecule has 1 aromatic heterocycles. The van der Waals surface area contributed by atoms with Crippen molar-refractivity contribution in [1.29, 1.82) is 0 Å². The molecule has 1 saturated heterocycles. The average molecular weight is 302 g/mol. The van der Waals surface area contributed by atoms with Crippen LogP contribution in [0.3, 0.4) is 0 Å². The summed E-state index contributed by atoms with van der Waals surface area (Å²) in [6.45, 7) is 3.81. The van der Waals surface area contributed by atoms with Gasteiger partial charge < -0.3 is 14.0 Å². The number of ether oxygens (including phenoxy) is 2. The maximum atomic E-state index is 5.42. The SMILES string of the molecule is COc1ccc([C@H]2CCCN2Cc2cc(C)on2)cc1OC. The lowest BCUT2D eigenvalue weighted by molar-refractivity contribution is 0.239. The summed E-state index contributed by atoms with van der Waals surface area (Å²) in [5, 5.41) is 4.11. The van der Waals surface area contributed by atoms with Crippen molar-refractivity contribution in [1.82, 2.24) is 10.1 Å². The van der Waals surface area contributed by atoms with Gasteiger partial charge in [0.25, 0.3) is 0 Å². The lowest BCUT2D eigenvalue weighted by atomic mass is 10.0. The van der Waals surface area contributed by atoms with Crippen molar-refractivity contribution < 1.29 is 14.0 Å². The third-order valence-corrected chi connectivity index (χ3v) is 4.20. The zero-order valence-corrected chi connectivity index (χ0v) is 13.3. The molecule has 0 N–H and O–H groups in total. The largest absolute Gasteiger partial charge is 0.493 e. The number of rotatable bonds is 5. The van der Waals surface area contributed by atoms with Crippen molar-refractivity contribution in [2.45, 2.75) is 32.4 Å². The predicted octanol–water partition coefficient (Wildman–Crippen LogP) is 3.34. The van der Waals surface area contributed by atoms with E-state index in [1.54, 1.807) is 14.2 Å². The molecule has 2 heterocycles. The highest BCUT2D eigenvalue weighted by Gasteiger charge is 2.27. The molecular weight excluding hydrogens is 280 g/mol. The van der Waals surface area contributed by atoms with E-state index in [0.717, 1.165) is 42.5 Å². The van der Waals surface area contributed by atoms with E-state index >= 15 is 0 Å². The first-order chi connectivity index (χ1) is 10.7. The second-order valence-corrected chi connectivity index (χ2v) is 5.67. The Kier molecular flexibility index (Phi) is 4.34. The van der Waals surface area contributed by atoms with Gasteiger partial charge in [-0.15, -0.1) is 0 Å². The summed E-state index contributed by atoms with van der Waals surface area (Å²) in [6.07, 6.45) is 2.34. The second-order valence-electron chi connectivity index (χ2n) is 5.67. The van der Waals surface area contributed by atoms with E-state index in [9.17, 15) is 0 Å². The molecule has 1 aromatic carbocycles. The van der Waals surface area contributed by atoms with Crippen molar-refractivity contribution in [3.05, 3.63) is 41.3 Å². The molecule has 0 bridgehead atoms. The fourth-order valence-corrected chi connectivity index (χ4v) is 3.15. The van der Waals surface area contributed by atoms with E-state index < -0.39 is 0 Å². The Bertz CT molecular complexity index is 639. The lowest BCUT2D eigenvalue weighted by Gasteiger charge is -2.24. The molecule has 1 atom stereocenters. The zero-order chi connectivity index (χ0) is 15.5. The Labute approximate surface area is 130 Å². The molecule has 3 rings (SSSR count). The molecule has 0 spiro atoms. The maximum absolute atomic E-state index is 5.42.